The second-order valence-corrected chi connectivity index (χ2v) is 6.19. The minimum absolute atomic E-state index is 0.229. The van der Waals surface area contributed by atoms with Crippen molar-refractivity contribution >= 4 is 0 Å². The Labute approximate surface area is 115 Å². The Kier molecular flexibility index (Phi) is 3.17. The summed E-state index contributed by atoms with van der Waals surface area (Å²) in [5.74, 6) is 2.88. The van der Waals surface area contributed by atoms with E-state index in [-0.39, 0.29) is 5.54 Å². The summed E-state index contributed by atoms with van der Waals surface area (Å²) in [5.41, 5.74) is 7.71. The van der Waals surface area contributed by atoms with Gasteiger partial charge in [-0.15, -0.1) is 0 Å². The summed E-state index contributed by atoms with van der Waals surface area (Å²) < 4.78 is 11.3. The molecule has 0 bridgehead atoms. The standard InChI is InChI=1S/C16H23NO2/c1-11-3-4-12(2)16(17,10-11)13-5-6-14-15(9-13)19-8-7-18-14/h5-6,9,11-12H,3-4,7-8,10,17H2,1-2H3. The number of rotatable bonds is 1. The van der Waals surface area contributed by atoms with Gasteiger partial charge in [0.15, 0.2) is 11.5 Å². The highest BCUT2D eigenvalue weighted by Gasteiger charge is 2.39. The quantitative estimate of drug-likeness (QED) is 0.845. The average Bonchev–Trinajstić information content (AvgIpc) is 2.43. The Hall–Kier alpha value is -1.22. The molecule has 2 N–H and O–H groups in total. The molecule has 1 aromatic rings. The van der Waals surface area contributed by atoms with Crippen LogP contribution in [-0.4, -0.2) is 13.2 Å². The normalized spacial score (nSPS) is 34.1. The minimum atomic E-state index is -0.229. The van der Waals surface area contributed by atoms with Gasteiger partial charge in [0.05, 0.1) is 0 Å². The first kappa shape index (κ1) is 12.8. The first-order chi connectivity index (χ1) is 9.09. The molecule has 1 heterocycles. The molecule has 0 radical (unpaired) electrons. The fraction of sp³-hybridized carbons (Fsp3) is 0.625. The largest absolute Gasteiger partial charge is 0.486 e. The maximum Gasteiger partial charge on any atom is 0.161 e. The zero-order valence-electron chi connectivity index (χ0n) is 11.8. The van der Waals surface area contributed by atoms with Crippen molar-refractivity contribution in [1.82, 2.24) is 0 Å². The number of fused-ring (bicyclic) bond motifs is 1. The van der Waals surface area contributed by atoms with E-state index in [4.69, 9.17) is 15.2 Å². The zero-order valence-corrected chi connectivity index (χ0v) is 11.8. The molecule has 1 aliphatic heterocycles. The molecule has 0 amide bonds. The van der Waals surface area contributed by atoms with E-state index < -0.39 is 0 Å². The maximum atomic E-state index is 6.75. The van der Waals surface area contributed by atoms with Crippen LogP contribution in [0.5, 0.6) is 11.5 Å². The first-order valence-electron chi connectivity index (χ1n) is 7.28. The van der Waals surface area contributed by atoms with Crippen LogP contribution in [0.1, 0.15) is 38.7 Å². The van der Waals surface area contributed by atoms with Crippen LogP contribution < -0.4 is 15.2 Å². The monoisotopic (exact) mass is 261 g/mol. The molecule has 3 unspecified atom stereocenters. The summed E-state index contributed by atoms with van der Waals surface area (Å²) >= 11 is 0. The van der Waals surface area contributed by atoms with Crippen molar-refractivity contribution in [3.05, 3.63) is 23.8 Å². The number of hydrogen-bond acceptors (Lipinski definition) is 3. The number of nitrogens with two attached hydrogens (primary N) is 1. The van der Waals surface area contributed by atoms with Crippen molar-refractivity contribution in [3.63, 3.8) is 0 Å². The van der Waals surface area contributed by atoms with Gasteiger partial charge in [0.2, 0.25) is 0 Å². The second-order valence-electron chi connectivity index (χ2n) is 6.19. The molecule has 0 aromatic heterocycles. The van der Waals surface area contributed by atoms with Gasteiger partial charge in [-0.3, -0.25) is 0 Å². The summed E-state index contributed by atoms with van der Waals surface area (Å²) in [7, 11) is 0. The summed E-state index contributed by atoms with van der Waals surface area (Å²) in [6.07, 6.45) is 3.53. The Morgan fingerprint density at radius 1 is 1.11 bits per heavy atom. The van der Waals surface area contributed by atoms with Crippen LogP contribution >= 0.6 is 0 Å². The Morgan fingerprint density at radius 2 is 1.84 bits per heavy atom. The van der Waals surface area contributed by atoms with Gasteiger partial charge in [0.1, 0.15) is 13.2 Å². The van der Waals surface area contributed by atoms with Gasteiger partial charge in [-0.1, -0.05) is 26.3 Å². The van der Waals surface area contributed by atoms with E-state index in [1.54, 1.807) is 0 Å². The SMILES string of the molecule is CC1CCC(C)C(N)(c2ccc3c(c2)OCCO3)C1. The molecule has 104 valence electrons. The molecule has 1 saturated carbocycles. The third kappa shape index (κ3) is 2.20. The molecule has 3 rings (SSSR count). The van der Waals surface area contributed by atoms with Crippen molar-refractivity contribution in [3.8, 4) is 11.5 Å². The van der Waals surface area contributed by atoms with Gasteiger partial charge in [0.25, 0.3) is 0 Å². The molecule has 2 aliphatic rings. The fourth-order valence-electron chi connectivity index (χ4n) is 3.41. The lowest BCUT2D eigenvalue weighted by molar-refractivity contribution is 0.156. The third-order valence-electron chi connectivity index (χ3n) is 4.74. The van der Waals surface area contributed by atoms with Crippen molar-refractivity contribution in [1.29, 1.82) is 0 Å². The summed E-state index contributed by atoms with van der Waals surface area (Å²) in [6, 6.07) is 6.20. The maximum absolute atomic E-state index is 6.75. The van der Waals surface area contributed by atoms with Crippen LogP contribution in [0.25, 0.3) is 0 Å². The molecule has 0 saturated heterocycles. The van der Waals surface area contributed by atoms with Gasteiger partial charge in [-0.05, 0) is 42.4 Å². The van der Waals surface area contributed by atoms with E-state index in [1.807, 2.05) is 6.07 Å². The number of hydrogen-bond donors (Lipinski definition) is 1. The van der Waals surface area contributed by atoms with Crippen molar-refractivity contribution in [2.75, 3.05) is 13.2 Å². The third-order valence-corrected chi connectivity index (χ3v) is 4.74. The van der Waals surface area contributed by atoms with E-state index >= 15 is 0 Å². The van der Waals surface area contributed by atoms with Crippen molar-refractivity contribution in [2.45, 2.75) is 38.6 Å². The first-order valence-corrected chi connectivity index (χ1v) is 7.28. The van der Waals surface area contributed by atoms with E-state index in [0.29, 0.717) is 25.0 Å². The fourth-order valence-corrected chi connectivity index (χ4v) is 3.41. The van der Waals surface area contributed by atoms with Crippen molar-refractivity contribution in [2.24, 2.45) is 17.6 Å². The van der Waals surface area contributed by atoms with Crippen LogP contribution in [0.15, 0.2) is 18.2 Å². The molecule has 19 heavy (non-hydrogen) atoms. The van der Waals surface area contributed by atoms with Gasteiger partial charge in [0, 0.05) is 5.54 Å². The van der Waals surface area contributed by atoms with Gasteiger partial charge < -0.3 is 15.2 Å². The molecule has 3 nitrogen and oxygen atoms in total. The van der Waals surface area contributed by atoms with E-state index in [1.165, 1.54) is 18.4 Å². The average molecular weight is 261 g/mol. The van der Waals surface area contributed by atoms with E-state index in [2.05, 4.69) is 26.0 Å². The molecule has 1 aromatic carbocycles. The van der Waals surface area contributed by atoms with Gasteiger partial charge in [-0.25, -0.2) is 0 Å². The lowest BCUT2D eigenvalue weighted by atomic mass is 9.67. The lowest BCUT2D eigenvalue weighted by Crippen LogP contribution is -2.47. The van der Waals surface area contributed by atoms with E-state index in [0.717, 1.165) is 17.9 Å². The molecule has 1 aliphatic carbocycles. The van der Waals surface area contributed by atoms with Crippen LogP contribution in [0.2, 0.25) is 0 Å². The van der Waals surface area contributed by atoms with Crippen LogP contribution in [-0.2, 0) is 5.54 Å². The smallest absolute Gasteiger partial charge is 0.161 e. The predicted molar refractivity (Wildman–Crippen MR) is 75.5 cm³/mol. The highest BCUT2D eigenvalue weighted by molar-refractivity contribution is 5.46. The number of ether oxygens (including phenoxy) is 2. The minimum Gasteiger partial charge on any atom is -0.486 e. The Balaban J connectivity index is 1.96. The van der Waals surface area contributed by atoms with E-state index in [9.17, 15) is 0 Å². The molecule has 3 atom stereocenters. The molecule has 1 fully saturated rings. The number of benzene rings is 1. The van der Waals surface area contributed by atoms with Gasteiger partial charge in [-0.2, -0.15) is 0 Å². The second kappa shape index (κ2) is 4.71. The Morgan fingerprint density at radius 3 is 2.63 bits per heavy atom. The summed E-state index contributed by atoms with van der Waals surface area (Å²) in [6.45, 7) is 5.82. The predicted octanol–water partition coefficient (Wildman–Crippen LogP) is 3.07. The summed E-state index contributed by atoms with van der Waals surface area (Å²) in [4.78, 5) is 0. The highest BCUT2D eigenvalue weighted by atomic mass is 16.6. The molecular formula is C16H23NO2. The van der Waals surface area contributed by atoms with Crippen molar-refractivity contribution < 1.29 is 9.47 Å². The lowest BCUT2D eigenvalue weighted by Gasteiger charge is -2.43. The topological polar surface area (TPSA) is 44.5 Å². The van der Waals surface area contributed by atoms with Crippen LogP contribution in [0.3, 0.4) is 0 Å². The van der Waals surface area contributed by atoms with Gasteiger partial charge >= 0.3 is 0 Å². The van der Waals surface area contributed by atoms with Crippen LogP contribution in [0, 0.1) is 11.8 Å². The highest BCUT2D eigenvalue weighted by Crippen LogP contribution is 2.44. The van der Waals surface area contributed by atoms with Crippen LogP contribution in [0.4, 0.5) is 0 Å². The molecular weight excluding hydrogens is 238 g/mol. The molecule has 3 heteroatoms. The Bertz CT molecular complexity index is 474. The zero-order chi connectivity index (χ0) is 13.5. The molecule has 0 spiro atoms. The summed E-state index contributed by atoms with van der Waals surface area (Å²) in [5, 5.41) is 0.